The number of nitrogens with zero attached hydrogens (tertiary/aromatic N) is 1. The van der Waals surface area contributed by atoms with Crippen molar-refractivity contribution in [1.29, 1.82) is 0 Å². The molecule has 0 radical (unpaired) electrons. The number of hydrogen-bond donors (Lipinski definition) is 0. The lowest BCUT2D eigenvalue weighted by Crippen LogP contribution is -2.09. The van der Waals surface area contributed by atoms with Crippen LogP contribution in [0.3, 0.4) is 0 Å². The van der Waals surface area contributed by atoms with E-state index in [4.69, 9.17) is 32.7 Å². The fourth-order valence-electron chi connectivity index (χ4n) is 2.22. The van der Waals surface area contributed by atoms with Crippen LogP contribution in [0.2, 0.25) is 5.02 Å². The highest BCUT2D eigenvalue weighted by molar-refractivity contribution is 6.32. The molecule has 0 fully saturated rings. The van der Waals surface area contributed by atoms with Crippen LogP contribution in [-0.4, -0.2) is 17.5 Å². The zero-order chi connectivity index (χ0) is 21.6. The van der Waals surface area contributed by atoms with E-state index in [-0.39, 0.29) is 34.4 Å². The zero-order valence-corrected chi connectivity index (χ0v) is 15.9. The molecule has 2 rings (SSSR count). The van der Waals surface area contributed by atoms with E-state index in [1.165, 1.54) is 18.2 Å². The smallest absolute Gasteiger partial charge is 0.416 e. The summed E-state index contributed by atoms with van der Waals surface area (Å²) in [5.74, 6) is -0.789. The third kappa shape index (κ3) is 6.37. The highest BCUT2D eigenvalue weighted by Crippen LogP contribution is 2.37. The highest BCUT2D eigenvalue weighted by atomic mass is 35.5. The maximum atomic E-state index is 12.7. The predicted octanol–water partition coefficient (Wildman–Crippen LogP) is 5.90. The predicted molar refractivity (Wildman–Crippen MR) is 99.3 cm³/mol. The molecule has 0 aliphatic rings. The van der Waals surface area contributed by atoms with E-state index in [2.05, 4.69) is 0 Å². The van der Waals surface area contributed by atoms with Crippen LogP contribution >= 0.6 is 23.2 Å². The first-order valence-electron chi connectivity index (χ1n) is 7.84. The number of nitro benzene ring substituents is 1. The monoisotopic (exact) mass is 449 g/mol. The minimum absolute atomic E-state index is 0.00427. The third-order valence-corrected chi connectivity index (χ3v) is 3.97. The highest BCUT2D eigenvalue weighted by Gasteiger charge is 2.31. The number of esters is 1. The Balaban J connectivity index is 2.26. The average molecular weight is 450 g/mol. The molecule has 0 amide bonds. The molecule has 154 valence electrons. The van der Waals surface area contributed by atoms with Crippen molar-refractivity contribution in [1.82, 2.24) is 0 Å². The molecule has 0 aromatic heterocycles. The summed E-state index contributed by atoms with van der Waals surface area (Å²) in [4.78, 5) is 22.3. The van der Waals surface area contributed by atoms with Gasteiger partial charge in [0.1, 0.15) is 18.1 Å². The van der Waals surface area contributed by atoms with Crippen molar-refractivity contribution in [3.8, 4) is 11.5 Å². The number of carbonyl (C=O) groups is 1. The van der Waals surface area contributed by atoms with Gasteiger partial charge in [-0.25, -0.2) is 0 Å². The molecule has 11 heteroatoms. The molecule has 0 saturated heterocycles. The van der Waals surface area contributed by atoms with Gasteiger partial charge in [0.15, 0.2) is 0 Å². The van der Waals surface area contributed by atoms with E-state index in [1.807, 2.05) is 0 Å². The first-order valence-corrected chi connectivity index (χ1v) is 8.66. The summed E-state index contributed by atoms with van der Waals surface area (Å²) in [6, 6.07) is 6.07. The second kappa shape index (κ2) is 9.62. The summed E-state index contributed by atoms with van der Waals surface area (Å²) < 4.78 is 48.4. The number of carbonyl (C=O) groups excluding carboxylic acids is 1. The van der Waals surface area contributed by atoms with Crippen LogP contribution in [0.1, 0.15) is 11.1 Å². The van der Waals surface area contributed by atoms with Crippen molar-refractivity contribution in [3.63, 3.8) is 0 Å². The summed E-state index contributed by atoms with van der Waals surface area (Å²) in [7, 11) is 0. The van der Waals surface area contributed by atoms with Crippen LogP contribution in [0.25, 0.3) is 0 Å². The Morgan fingerprint density at radius 1 is 1.21 bits per heavy atom. The van der Waals surface area contributed by atoms with E-state index >= 15 is 0 Å². The van der Waals surface area contributed by atoms with Gasteiger partial charge < -0.3 is 9.47 Å². The van der Waals surface area contributed by atoms with Crippen molar-refractivity contribution in [3.05, 3.63) is 74.3 Å². The Morgan fingerprint density at radius 2 is 1.93 bits per heavy atom. The second-order valence-corrected chi connectivity index (χ2v) is 6.17. The van der Waals surface area contributed by atoms with Gasteiger partial charge in [-0.3, -0.25) is 14.9 Å². The van der Waals surface area contributed by atoms with Gasteiger partial charge in [-0.2, -0.15) is 13.2 Å². The van der Waals surface area contributed by atoms with Crippen molar-refractivity contribution in [2.75, 3.05) is 6.61 Å². The quantitative estimate of drug-likeness (QED) is 0.298. The number of halogens is 5. The minimum atomic E-state index is -4.57. The Hall–Kier alpha value is -2.78. The molecule has 2 aromatic rings. The van der Waals surface area contributed by atoms with Crippen LogP contribution in [0, 0.1) is 10.1 Å². The molecule has 29 heavy (non-hydrogen) atoms. The first-order chi connectivity index (χ1) is 13.6. The van der Waals surface area contributed by atoms with Crippen LogP contribution < -0.4 is 4.74 Å². The summed E-state index contributed by atoms with van der Waals surface area (Å²) in [5.41, 5.74) is -0.151. The fourth-order valence-corrected chi connectivity index (χ4v) is 2.51. The Bertz CT molecular complexity index is 948. The van der Waals surface area contributed by atoms with Crippen LogP contribution in [-0.2, 0) is 22.1 Å². The van der Waals surface area contributed by atoms with E-state index in [9.17, 15) is 28.1 Å². The largest absolute Gasteiger partial charge is 0.461 e. The average Bonchev–Trinajstić information content (AvgIpc) is 2.62. The van der Waals surface area contributed by atoms with Crippen molar-refractivity contribution < 1.29 is 32.4 Å². The number of hydrogen-bond acceptors (Lipinski definition) is 5. The summed E-state index contributed by atoms with van der Waals surface area (Å²) in [6.45, 7) is -0.104. The SMILES string of the molecule is O=C(Cc1cc(Oc2ccc(C(F)(F)F)cc2Cl)ccc1[N+](=O)[O-])OCC=CCl. The summed E-state index contributed by atoms with van der Waals surface area (Å²) in [6.07, 6.45) is -3.63. The lowest BCUT2D eigenvalue weighted by molar-refractivity contribution is -0.385. The molecule has 0 aliphatic carbocycles. The van der Waals surface area contributed by atoms with Crippen molar-refractivity contribution in [2.45, 2.75) is 12.6 Å². The molecular formula is C18H12Cl2F3NO5. The number of benzene rings is 2. The molecule has 0 N–H and O–H groups in total. The second-order valence-electron chi connectivity index (χ2n) is 5.51. The van der Waals surface area contributed by atoms with Crippen LogP contribution in [0.5, 0.6) is 11.5 Å². The molecule has 6 nitrogen and oxygen atoms in total. The number of rotatable bonds is 7. The van der Waals surface area contributed by atoms with Gasteiger partial charge in [0.2, 0.25) is 0 Å². The standard InChI is InChI=1S/C18H12Cl2F3NO5/c19-6-1-7-28-17(25)9-11-8-13(3-4-15(11)24(26)27)29-16-5-2-12(10-14(16)20)18(21,22)23/h1-6,8,10H,7,9H2. The molecule has 0 saturated carbocycles. The van der Waals surface area contributed by atoms with Gasteiger partial charge >= 0.3 is 12.1 Å². The van der Waals surface area contributed by atoms with Gasteiger partial charge in [-0.1, -0.05) is 23.2 Å². The molecule has 0 bridgehead atoms. The fraction of sp³-hybridized carbons (Fsp3) is 0.167. The van der Waals surface area contributed by atoms with Crippen molar-refractivity contribution in [2.24, 2.45) is 0 Å². The van der Waals surface area contributed by atoms with Gasteiger partial charge in [0.05, 0.1) is 21.9 Å². The van der Waals surface area contributed by atoms with Gasteiger partial charge in [0, 0.05) is 17.2 Å². The maximum absolute atomic E-state index is 12.7. The lowest BCUT2D eigenvalue weighted by Gasteiger charge is -2.12. The molecular weight excluding hydrogens is 438 g/mol. The van der Waals surface area contributed by atoms with Crippen LogP contribution in [0.4, 0.5) is 18.9 Å². The van der Waals surface area contributed by atoms with Gasteiger partial charge in [0.25, 0.3) is 5.69 Å². The van der Waals surface area contributed by atoms with Crippen LogP contribution in [0.15, 0.2) is 48.0 Å². The molecule has 2 aromatic carbocycles. The number of nitro groups is 1. The first kappa shape index (κ1) is 22.5. The molecule has 0 spiro atoms. The number of alkyl halides is 3. The maximum Gasteiger partial charge on any atom is 0.416 e. The molecule has 0 aliphatic heterocycles. The Kier molecular flexibility index (Phi) is 7.46. The van der Waals surface area contributed by atoms with E-state index < -0.39 is 29.1 Å². The van der Waals surface area contributed by atoms with Crippen molar-refractivity contribution >= 4 is 34.9 Å². The van der Waals surface area contributed by atoms with E-state index in [0.717, 1.165) is 23.7 Å². The Labute approximate surface area is 172 Å². The Morgan fingerprint density at radius 3 is 2.52 bits per heavy atom. The van der Waals surface area contributed by atoms with E-state index in [1.54, 1.807) is 0 Å². The topological polar surface area (TPSA) is 78.7 Å². The third-order valence-electron chi connectivity index (χ3n) is 3.50. The minimum Gasteiger partial charge on any atom is -0.461 e. The normalized spacial score (nSPS) is 11.5. The molecule has 0 atom stereocenters. The number of ether oxygens (including phenoxy) is 2. The lowest BCUT2D eigenvalue weighted by atomic mass is 10.1. The summed E-state index contributed by atoms with van der Waals surface area (Å²) in [5, 5.41) is 10.9. The summed E-state index contributed by atoms with van der Waals surface area (Å²) >= 11 is 11.1. The zero-order valence-electron chi connectivity index (χ0n) is 14.4. The van der Waals surface area contributed by atoms with E-state index in [0.29, 0.717) is 6.07 Å². The molecule has 0 unspecified atom stereocenters. The molecule has 0 heterocycles. The van der Waals surface area contributed by atoms with Gasteiger partial charge in [-0.05, 0) is 36.4 Å². The van der Waals surface area contributed by atoms with Gasteiger partial charge in [-0.15, -0.1) is 0 Å².